The van der Waals surface area contributed by atoms with Crippen LogP contribution in [0.3, 0.4) is 0 Å². The summed E-state index contributed by atoms with van der Waals surface area (Å²) in [6, 6.07) is 11.7. The van der Waals surface area contributed by atoms with Crippen LogP contribution in [-0.2, 0) is 25.2 Å². The first-order valence-corrected chi connectivity index (χ1v) is 15.0. The number of thiophene rings is 1. The van der Waals surface area contributed by atoms with Crippen molar-refractivity contribution in [3.63, 3.8) is 0 Å². The van der Waals surface area contributed by atoms with Crippen molar-refractivity contribution in [2.75, 3.05) is 6.61 Å². The Labute approximate surface area is 216 Å². The van der Waals surface area contributed by atoms with Crippen molar-refractivity contribution in [3.05, 3.63) is 57.3 Å². The van der Waals surface area contributed by atoms with E-state index in [1.165, 1.54) is 4.88 Å². The summed E-state index contributed by atoms with van der Waals surface area (Å²) in [5.41, 5.74) is 0.600. The van der Waals surface area contributed by atoms with Gasteiger partial charge in [-0.2, -0.15) is 0 Å². The SMILES string of the molecule is CCCCOc1ccc(C2(C)CC(c3ccc(C4CC4)s3)=C(C(=O)NS(=O)(=O)C3CC3)C(=O)N2)cc1. The van der Waals surface area contributed by atoms with Gasteiger partial charge < -0.3 is 10.1 Å². The van der Waals surface area contributed by atoms with Crippen molar-refractivity contribution in [2.45, 2.75) is 75.5 Å². The second kappa shape index (κ2) is 9.67. The van der Waals surface area contributed by atoms with Crippen LogP contribution in [0.15, 0.2) is 42.0 Å². The van der Waals surface area contributed by atoms with Crippen molar-refractivity contribution < 1.29 is 22.7 Å². The molecule has 5 rings (SSSR count). The lowest BCUT2D eigenvalue weighted by Gasteiger charge is -2.37. The molecule has 1 unspecified atom stereocenters. The number of carbonyl (C=O) groups excluding carboxylic acids is 2. The van der Waals surface area contributed by atoms with E-state index < -0.39 is 32.6 Å². The van der Waals surface area contributed by atoms with Gasteiger partial charge >= 0.3 is 0 Å². The molecule has 2 aromatic rings. The topological polar surface area (TPSA) is 102 Å². The van der Waals surface area contributed by atoms with E-state index in [1.54, 1.807) is 11.3 Å². The molecule has 2 aliphatic carbocycles. The second-order valence-electron chi connectivity index (χ2n) is 10.2. The Morgan fingerprint density at radius 2 is 1.86 bits per heavy atom. The lowest BCUT2D eigenvalue weighted by Crippen LogP contribution is -2.50. The van der Waals surface area contributed by atoms with Crippen LogP contribution >= 0.6 is 11.3 Å². The molecule has 9 heteroatoms. The number of ether oxygens (including phenoxy) is 1. The molecule has 0 saturated heterocycles. The van der Waals surface area contributed by atoms with Gasteiger partial charge in [0, 0.05) is 16.2 Å². The van der Waals surface area contributed by atoms with Crippen LogP contribution in [0.4, 0.5) is 0 Å². The third kappa shape index (κ3) is 5.22. The van der Waals surface area contributed by atoms with Crippen LogP contribution in [0.2, 0.25) is 0 Å². The average Bonchev–Trinajstić information content (AvgIpc) is 3.77. The third-order valence-electron chi connectivity index (χ3n) is 7.04. The van der Waals surface area contributed by atoms with Crippen molar-refractivity contribution in [2.24, 2.45) is 0 Å². The molecule has 0 bridgehead atoms. The van der Waals surface area contributed by atoms with E-state index in [9.17, 15) is 18.0 Å². The maximum atomic E-state index is 13.4. The highest BCUT2D eigenvalue weighted by Gasteiger charge is 2.43. The highest BCUT2D eigenvalue weighted by molar-refractivity contribution is 7.91. The molecular formula is C27H32N2O5S2. The minimum Gasteiger partial charge on any atom is -0.494 e. The predicted octanol–water partition coefficient (Wildman–Crippen LogP) is 4.60. The van der Waals surface area contributed by atoms with Crippen LogP contribution in [0, 0.1) is 0 Å². The molecule has 2 amide bonds. The first-order chi connectivity index (χ1) is 17.2. The molecule has 2 saturated carbocycles. The summed E-state index contributed by atoms with van der Waals surface area (Å²) in [7, 11) is -3.78. The largest absolute Gasteiger partial charge is 0.494 e. The summed E-state index contributed by atoms with van der Waals surface area (Å²) in [4.78, 5) is 28.7. The first-order valence-electron chi connectivity index (χ1n) is 12.7. The number of benzene rings is 1. The van der Waals surface area contributed by atoms with Gasteiger partial charge in [0.1, 0.15) is 11.3 Å². The van der Waals surface area contributed by atoms with E-state index in [-0.39, 0.29) is 5.57 Å². The Bertz CT molecular complexity index is 1300. The smallest absolute Gasteiger partial charge is 0.270 e. The second-order valence-corrected chi connectivity index (χ2v) is 13.3. The molecule has 1 aliphatic heterocycles. The fourth-order valence-corrected chi connectivity index (χ4v) is 7.07. The zero-order valence-corrected chi connectivity index (χ0v) is 22.3. The van der Waals surface area contributed by atoms with Crippen LogP contribution in [0.5, 0.6) is 5.75 Å². The summed E-state index contributed by atoms with van der Waals surface area (Å²) in [5.74, 6) is -0.100. The molecule has 36 heavy (non-hydrogen) atoms. The van der Waals surface area contributed by atoms with Crippen LogP contribution in [0.25, 0.3) is 5.57 Å². The van der Waals surface area contributed by atoms with Gasteiger partial charge in [-0.25, -0.2) is 13.1 Å². The Hall–Kier alpha value is -2.65. The van der Waals surface area contributed by atoms with Gasteiger partial charge in [0.2, 0.25) is 10.0 Å². The van der Waals surface area contributed by atoms with Gasteiger partial charge in [-0.1, -0.05) is 25.5 Å². The molecular weight excluding hydrogens is 496 g/mol. The van der Waals surface area contributed by atoms with E-state index in [2.05, 4.69) is 23.0 Å². The summed E-state index contributed by atoms with van der Waals surface area (Å²) < 4.78 is 32.9. The molecule has 0 spiro atoms. The number of sulfonamides is 1. The Kier molecular flexibility index (Phi) is 6.72. The van der Waals surface area contributed by atoms with Gasteiger partial charge in [-0.05, 0) is 80.3 Å². The highest BCUT2D eigenvalue weighted by atomic mass is 32.2. The minimum atomic E-state index is -3.78. The molecule has 2 N–H and O–H groups in total. The minimum absolute atomic E-state index is 0.111. The number of hydrogen-bond donors (Lipinski definition) is 2. The summed E-state index contributed by atoms with van der Waals surface area (Å²) in [6.07, 6.45) is 5.77. The summed E-state index contributed by atoms with van der Waals surface area (Å²) in [6.45, 7) is 4.70. The third-order valence-corrected chi connectivity index (χ3v) is 10.2. The molecule has 7 nitrogen and oxygen atoms in total. The Morgan fingerprint density at radius 1 is 1.14 bits per heavy atom. The number of rotatable bonds is 10. The molecule has 1 aromatic carbocycles. The zero-order chi connectivity index (χ0) is 25.5. The van der Waals surface area contributed by atoms with E-state index in [1.807, 2.05) is 37.3 Å². The molecule has 1 atom stereocenters. The van der Waals surface area contributed by atoms with Crippen molar-refractivity contribution in [1.29, 1.82) is 0 Å². The van der Waals surface area contributed by atoms with Gasteiger partial charge in [0.05, 0.1) is 17.4 Å². The molecule has 2 heterocycles. The van der Waals surface area contributed by atoms with Crippen molar-refractivity contribution in [3.8, 4) is 5.75 Å². The van der Waals surface area contributed by atoms with Crippen LogP contribution in [0.1, 0.15) is 80.0 Å². The van der Waals surface area contributed by atoms with Gasteiger partial charge in [-0.15, -0.1) is 11.3 Å². The lowest BCUT2D eigenvalue weighted by molar-refractivity contribution is -0.124. The quantitative estimate of drug-likeness (QED) is 0.347. The number of nitrogens with one attached hydrogen (secondary N) is 2. The first kappa shape index (κ1) is 25.0. The van der Waals surface area contributed by atoms with Gasteiger partial charge in [-0.3, -0.25) is 9.59 Å². The van der Waals surface area contributed by atoms with Crippen molar-refractivity contribution >= 4 is 38.7 Å². The number of unbranched alkanes of at least 4 members (excludes halogenated alkanes) is 1. The average molecular weight is 529 g/mol. The van der Waals surface area contributed by atoms with Gasteiger partial charge in [0.15, 0.2) is 0 Å². The monoisotopic (exact) mass is 528 g/mol. The van der Waals surface area contributed by atoms with Crippen molar-refractivity contribution in [1.82, 2.24) is 10.0 Å². The zero-order valence-electron chi connectivity index (χ0n) is 20.6. The molecule has 0 radical (unpaired) electrons. The van der Waals surface area contributed by atoms with Gasteiger partial charge in [0.25, 0.3) is 11.8 Å². The predicted molar refractivity (Wildman–Crippen MR) is 140 cm³/mol. The number of hydrogen-bond acceptors (Lipinski definition) is 6. The van der Waals surface area contributed by atoms with E-state index in [0.29, 0.717) is 37.4 Å². The Morgan fingerprint density at radius 3 is 2.50 bits per heavy atom. The number of carbonyl (C=O) groups is 2. The summed E-state index contributed by atoms with van der Waals surface area (Å²) >= 11 is 1.59. The van der Waals surface area contributed by atoms with E-state index >= 15 is 0 Å². The normalized spacial score (nSPS) is 22.3. The molecule has 1 aromatic heterocycles. The fraction of sp³-hybridized carbons (Fsp3) is 0.481. The maximum Gasteiger partial charge on any atom is 0.270 e. The van der Waals surface area contributed by atoms with Crippen LogP contribution < -0.4 is 14.8 Å². The standard InChI is InChI=1S/C27H32N2O5S2/c1-3-4-15-34-19-9-7-18(8-10-19)27(2)16-21(23-14-13-22(35-23)17-5-6-17)24(25(30)28-27)26(31)29-36(32,33)20-11-12-20/h7-10,13-14,17,20H,3-6,11-12,15-16H2,1-2H3,(H,28,30)(H,29,31). The summed E-state index contributed by atoms with van der Waals surface area (Å²) in [5, 5.41) is 2.44. The highest BCUT2D eigenvalue weighted by Crippen LogP contribution is 2.47. The lowest BCUT2D eigenvalue weighted by atomic mass is 9.80. The van der Waals surface area contributed by atoms with Crippen LogP contribution in [-0.4, -0.2) is 32.1 Å². The fourth-order valence-electron chi connectivity index (χ4n) is 4.56. The van der Waals surface area contributed by atoms with E-state index in [0.717, 1.165) is 41.9 Å². The van der Waals surface area contributed by atoms with E-state index in [4.69, 9.17) is 4.74 Å². The molecule has 2 fully saturated rings. The molecule has 3 aliphatic rings. The number of amides is 2. The maximum absolute atomic E-state index is 13.4. The Balaban J connectivity index is 1.47. The molecule has 192 valence electrons.